The van der Waals surface area contributed by atoms with Crippen molar-refractivity contribution in [2.75, 3.05) is 0 Å². The molecule has 1 aromatic heterocycles. The third kappa shape index (κ3) is 2.98. The zero-order valence-corrected chi connectivity index (χ0v) is 12.0. The maximum atomic E-state index is 10.8. The van der Waals surface area contributed by atoms with E-state index in [4.69, 9.17) is 15.1 Å². The number of carboxylic acid groups (broad SMARTS) is 1. The van der Waals surface area contributed by atoms with Crippen molar-refractivity contribution in [3.63, 3.8) is 0 Å². The van der Waals surface area contributed by atoms with Gasteiger partial charge in [-0.1, -0.05) is 0 Å². The van der Waals surface area contributed by atoms with Crippen LogP contribution in [0.3, 0.4) is 0 Å². The molecule has 1 heterocycles. The third-order valence-electron chi connectivity index (χ3n) is 2.82. The molecule has 1 aromatic carbocycles. The maximum absolute atomic E-state index is 10.8. The molecular weight excluding hydrogens is 274 g/mol. The molecule has 0 aliphatic heterocycles. The van der Waals surface area contributed by atoms with Gasteiger partial charge < -0.3 is 9.84 Å². The number of hydrogen-bond donors (Lipinski definition) is 1. The van der Waals surface area contributed by atoms with Crippen LogP contribution in [0.5, 0.6) is 5.75 Å². The van der Waals surface area contributed by atoms with Gasteiger partial charge in [0.2, 0.25) is 0 Å². The zero-order chi connectivity index (χ0) is 14.7. The van der Waals surface area contributed by atoms with Gasteiger partial charge in [-0.2, -0.15) is 5.26 Å². The Balaban J connectivity index is 2.14. The summed E-state index contributed by atoms with van der Waals surface area (Å²) in [5.74, 6) is -0.179. The fraction of sp³-hybridized carbons (Fsp3) is 0.200. The first kappa shape index (κ1) is 14.1. The molecule has 0 atom stereocenters. The number of hydrogen-bond acceptors (Lipinski definition) is 4. The van der Waals surface area contributed by atoms with Crippen molar-refractivity contribution in [2.45, 2.75) is 20.5 Å². The van der Waals surface area contributed by atoms with Gasteiger partial charge in [-0.3, -0.25) is 0 Å². The monoisotopic (exact) mass is 287 g/mol. The Bertz CT molecular complexity index is 674. The summed E-state index contributed by atoms with van der Waals surface area (Å²) in [6, 6.07) is 8.99. The first-order valence-corrected chi connectivity index (χ1v) is 6.79. The van der Waals surface area contributed by atoms with Crippen molar-refractivity contribution in [3.05, 3.63) is 50.7 Å². The number of thiophene rings is 1. The van der Waals surface area contributed by atoms with Gasteiger partial charge in [-0.25, -0.2) is 4.79 Å². The average Bonchev–Trinajstić information content (AvgIpc) is 2.86. The molecule has 0 unspecified atom stereocenters. The van der Waals surface area contributed by atoms with Crippen LogP contribution < -0.4 is 4.74 Å². The summed E-state index contributed by atoms with van der Waals surface area (Å²) in [4.78, 5) is 12.0. The van der Waals surface area contributed by atoms with E-state index in [9.17, 15) is 4.79 Å². The van der Waals surface area contributed by atoms with Crippen LogP contribution in [-0.4, -0.2) is 11.1 Å². The summed E-state index contributed by atoms with van der Waals surface area (Å²) in [5.41, 5.74) is 2.41. The molecule has 2 aromatic rings. The van der Waals surface area contributed by atoms with Gasteiger partial charge in [-0.05, 0) is 49.2 Å². The van der Waals surface area contributed by atoms with E-state index in [0.717, 1.165) is 21.8 Å². The molecular formula is C15H13NO3S. The molecule has 0 aliphatic rings. The molecule has 20 heavy (non-hydrogen) atoms. The predicted molar refractivity (Wildman–Crippen MR) is 76.2 cm³/mol. The Morgan fingerprint density at radius 3 is 2.50 bits per heavy atom. The molecule has 0 amide bonds. The lowest BCUT2D eigenvalue weighted by atomic mass is 10.1. The first-order chi connectivity index (χ1) is 9.51. The standard InChI is InChI=1S/C15H13NO3S/c1-9-5-11(7-16)6-10(2)14(9)19-8-12-3-4-13(20-12)15(17)18/h3-6H,8H2,1-2H3,(H,17,18). The third-order valence-corrected chi connectivity index (χ3v) is 3.87. The fourth-order valence-corrected chi connectivity index (χ4v) is 2.72. The van der Waals surface area contributed by atoms with Crippen LogP contribution in [-0.2, 0) is 6.61 Å². The smallest absolute Gasteiger partial charge is 0.345 e. The second kappa shape index (κ2) is 5.76. The molecule has 102 valence electrons. The highest BCUT2D eigenvalue weighted by molar-refractivity contribution is 7.13. The lowest BCUT2D eigenvalue weighted by molar-refractivity contribution is 0.0702. The number of aryl methyl sites for hydroxylation is 2. The topological polar surface area (TPSA) is 70.3 Å². The molecule has 0 fully saturated rings. The number of benzene rings is 1. The molecule has 5 heteroatoms. The molecule has 0 aliphatic carbocycles. The Morgan fingerprint density at radius 2 is 2.00 bits per heavy atom. The SMILES string of the molecule is Cc1cc(C#N)cc(C)c1OCc1ccc(C(=O)O)s1. The van der Waals surface area contributed by atoms with E-state index in [1.165, 1.54) is 11.3 Å². The van der Waals surface area contributed by atoms with E-state index in [0.29, 0.717) is 17.0 Å². The van der Waals surface area contributed by atoms with Crippen molar-refractivity contribution in [2.24, 2.45) is 0 Å². The van der Waals surface area contributed by atoms with Gasteiger partial charge in [0, 0.05) is 4.88 Å². The number of nitrogens with zero attached hydrogens (tertiary/aromatic N) is 1. The minimum atomic E-state index is -0.924. The summed E-state index contributed by atoms with van der Waals surface area (Å²) < 4.78 is 5.75. The predicted octanol–water partition coefficient (Wildman–Crippen LogP) is 3.51. The number of carboxylic acids is 1. The number of aromatic carboxylic acids is 1. The lowest BCUT2D eigenvalue weighted by Crippen LogP contribution is -1.98. The van der Waals surface area contributed by atoms with E-state index < -0.39 is 5.97 Å². The highest BCUT2D eigenvalue weighted by atomic mass is 32.1. The van der Waals surface area contributed by atoms with Crippen LogP contribution in [0.1, 0.15) is 31.2 Å². The van der Waals surface area contributed by atoms with Crippen LogP contribution in [0.25, 0.3) is 0 Å². The van der Waals surface area contributed by atoms with Crippen molar-refractivity contribution < 1.29 is 14.6 Å². The van der Waals surface area contributed by atoms with Crippen LogP contribution in [0.4, 0.5) is 0 Å². The fourth-order valence-electron chi connectivity index (χ4n) is 1.96. The molecule has 0 spiro atoms. The van der Waals surface area contributed by atoms with E-state index >= 15 is 0 Å². The molecule has 0 bridgehead atoms. The maximum Gasteiger partial charge on any atom is 0.345 e. The summed E-state index contributed by atoms with van der Waals surface area (Å²) in [6.45, 7) is 4.10. The van der Waals surface area contributed by atoms with Gasteiger partial charge in [0.05, 0.1) is 11.6 Å². The summed E-state index contributed by atoms with van der Waals surface area (Å²) in [7, 11) is 0. The second-order valence-electron chi connectivity index (χ2n) is 4.41. The van der Waals surface area contributed by atoms with Gasteiger partial charge >= 0.3 is 5.97 Å². The van der Waals surface area contributed by atoms with E-state index in [2.05, 4.69) is 6.07 Å². The number of rotatable bonds is 4. The summed E-state index contributed by atoms with van der Waals surface area (Å²) >= 11 is 1.20. The van der Waals surface area contributed by atoms with Gasteiger partial charge in [0.25, 0.3) is 0 Å². The van der Waals surface area contributed by atoms with Crippen LogP contribution in [0, 0.1) is 25.2 Å². The molecule has 0 saturated carbocycles. The van der Waals surface area contributed by atoms with Crippen LogP contribution in [0.2, 0.25) is 0 Å². The number of nitriles is 1. The van der Waals surface area contributed by atoms with Gasteiger partial charge in [-0.15, -0.1) is 11.3 Å². The highest BCUT2D eigenvalue weighted by Gasteiger charge is 2.10. The highest BCUT2D eigenvalue weighted by Crippen LogP contribution is 2.26. The van der Waals surface area contributed by atoms with Crippen molar-refractivity contribution >= 4 is 17.3 Å². The first-order valence-electron chi connectivity index (χ1n) is 5.97. The average molecular weight is 287 g/mol. The van der Waals surface area contributed by atoms with E-state index in [-0.39, 0.29) is 0 Å². The normalized spacial score (nSPS) is 10.1. The Kier molecular flexibility index (Phi) is 4.06. The minimum absolute atomic E-state index is 0.303. The molecule has 4 nitrogen and oxygen atoms in total. The molecule has 2 rings (SSSR count). The zero-order valence-electron chi connectivity index (χ0n) is 11.1. The van der Waals surface area contributed by atoms with Gasteiger partial charge in [0.15, 0.2) is 0 Å². The molecule has 1 N–H and O–H groups in total. The lowest BCUT2D eigenvalue weighted by Gasteiger charge is -2.11. The number of carbonyl (C=O) groups is 1. The molecule has 0 radical (unpaired) electrons. The van der Waals surface area contributed by atoms with Crippen LogP contribution >= 0.6 is 11.3 Å². The summed E-state index contributed by atoms with van der Waals surface area (Å²) in [5, 5.41) is 17.8. The Morgan fingerprint density at radius 1 is 1.35 bits per heavy atom. The van der Waals surface area contributed by atoms with Crippen LogP contribution in [0.15, 0.2) is 24.3 Å². The molecule has 0 saturated heterocycles. The van der Waals surface area contributed by atoms with Crippen molar-refractivity contribution in [3.8, 4) is 11.8 Å². The largest absolute Gasteiger partial charge is 0.488 e. The van der Waals surface area contributed by atoms with E-state index in [1.54, 1.807) is 24.3 Å². The summed E-state index contributed by atoms with van der Waals surface area (Å²) in [6.07, 6.45) is 0. The van der Waals surface area contributed by atoms with Crippen molar-refractivity contribution in [1.29, 1.82) is 5.26 Å². The van der Waals surface area contributed by atoms with Gasteiger partial charge in [0.1, 0.15) is 17.2 Å². The quantitative estimate of drug-likeness (QED) is 0.934. The number of ether oxygens (including phenoxy) is 1. The van der Waals surface area contributed by atoms with E-state index in [1.807, 2.05) is 13.8 Å². The second-order valence-corrected chi connectivity index (χ2v) is 5.58. The van der Waals surface area contributed by atoms with Crippen molar-refractivity contribution in [1.82, 2.24) is 0 Å². The Labute approximate surface area is 120 Å². The minimum Gasteiger partial charge on any atom is -0.488 e. The Hall–Kier alpha value is -2.32.